The SMILES string of the molecule is CN(C)c1ccc(NC(=O)c2cc(Nc3ccc(C#N)cc3)ncn2)cc1. The topological polar surface area (TPSA) is 93.9 Å². The van der Waals surface area contributed by atoms with Crippen LogP contribution >= 0.6 is 0 Å². The summed E-state index contributed by atoms with van der Waals surface area (Å²) < 4.78 is 0. The fraction of sp³-hybridized carbons (Fsp3) is 0.100. The highest BCUT2D eigenvalue weighted by atomic mass is 16.1. The summed E-state index contributed by atoms with van der Waals surface area (Å²) in [5, 5.41) is 14.7. The number of hydrogen-bond donors (Lipinski definition) is 2. The van der Waals surface area contributed by atoms with E-state index in [2.05, 4.69) is 26.7 Å². The van der Waals surface area contributed by atoms with E-state index in [4.69, 9.17) is 5.26 Å². The molecule has 0 spiro atoms. The number of carbonyl (C=O) groups is 1. The van der Waals surface area contributed by atoms with Crippen LogP contribution < -0.4 is 15.5 Å². The number of amides is 1. The largest absolute Gasteiger partial charge is 0.378 e. The third-order valence-electron chi connectivity index (χ3n) is 3.83. The van der Waals surface area contributed by atoms with Crippen molar-refractivity contribution in [3.05, 3.63) is 72.2 Å². The number of hydrogen-bond acceptors (Lipinski definition) is 6. The minimum Gasteiger partial charge on any atom is -0.378 e. The van der Waals surface area contributed by atoms with Crippen molar-refractivity contribution in [3.63, 3.8) is 0 Å². The summed E-state index contributed by atoms with van der Waals surface area (Å²) in [5.41, 5.74) is 3.31. The van der Waals surface area contributed by atoms with E-state index >= 15 is 0 Å². The molecular formula is C20H18N6O. The number of carbonyl (C=O) groups excluding carboxylic acids is 1. The predicted octanol–water partition coefficient (Wildman–Crippen LogP) is 3.41. The number of rotatable bonds is 5. The van der Waals surface area contributed by atoms with Crippen molar-refractivity contribution in [2.45, 2.75) is 0 Å². The maximum absolute atomic E-state index is 12.4. The van der Waals surface area contributed by atoms with Gasteiger partial charge in [-0.3, -0.25) is 4.79 Å². The van der Waals surface area contributed by atoms with Gasteiger partial charge in [-0.1, -0.05) is 0 Å². The van der Waals surface area contributed by atoms with Crippen molar-refractivity contribution >= 4 is 28.8 Å². The minimum absolute atomic E-state index is 0.248. The van der Waals surface area contributed by atoms with E-state index < -0.39 is 0 Å². The second-order valence-electron chi connectivity index (χ2n) is 6.00. The molecule has 2 N–H and O–H groups in total. The monoisotopic (exact) mass is 358 g/mol. The fourth-order valence-electron chi connectivity index (χ4n) is 2.36. The summed E-state index contributed by atoms with van der Waals surface area (Å²) in [6.45, 7) is 0. The molecule has 1 heterocycles. The first-order valence-corrected chi connectivity index (χ1v) is 8.23. The molecule has 27 heavy (non-hydrogen) atoms. The number of nitriles is 1. The lowest BCUT2D eigenvalue weighted by molar-refractivity contribution is 0.102. The van der Waals surface area contributed by atoms with Gasteiger partial charge in [0, 0.05) is 37.2 Å². The Labute approximate surface area is 157 Å². The summed E-state index contributed by atoms with van der Waals surface area (Å²) in [6, 6.07) is 18.1. The number of aromatic nitrogens is 2. The van der Waals surface area contributed by atoms with Gasteiger partial charge in [0.05, 0.1) is 11.6 Å². The van der Waals surface area contributed by atoms with Crippen LogP contribution in [0.3, 0.4) is 0 Å². The zero-order valence-electron chi connectivity index (χ0n) is 15.0. The normalized spacial score (nSPS) is 9.96. The molecule has 1 amide bonds. The van der Waals surface area contributed by atoms with Crippen LogP contribution in [0.5, 0.6) is 0 Å². The summed E-state index contributed by atoms with van der Waals surface area (Å²) in [7, 11) is 3.91. The van der Waals surface area contributed by atoms with E-state index in [9.17, 15) is 4.79 Å². The zero-order valence-corrected chi connectivity index (χ0v) is 15.0. The number of anilines is 4. The quantitative estimate of drug-likeness (QED) is 0.726. The molecule has 0 radical (unpaired) electrons. The smallest absolute Gasteiger partial charge is 0.274 e. The Kier molecular flexibility index (Phi) is 5.28. The van der Waals surface area contributed by atoms with Crippen LogP contribution in [-0.4, -0.2) is 30.0 Å². The van der Waals surface area contributed by atoms with Crippen molar-refractivity contribution in [1.82, 2.24) is 9.97 Å². The maximum atomic E-state index is 12.4. The molecule has 0 saturated carbocycles. The number of nitrogens with zero attached hydrogens (tertiary/aromatic N) is 4. The van der Waals surface area contributed by atoms with Crippen molar-refractivity contribution in [2.24, 2.45) is 0 Å². The van der Waals surface area contributed by atoms with Crippen LogP contribution in [-0.2, 0) is 0 Å². The lowest BCUT2D eigenvalue weighted by Gasteiger charge is -2.13. The summed E-state index contributed by atoms with van der Waals surface area (Å²) in [6.07, 6.45) is 1.33. The zero-order chi connectivity index (χ0) is 19.2. The Morgan fingerprint density at radius 2 is 1.67 bits per heavy atom. The average molecular weight is 358 g/mol. The molecule has 3 aromatic rings. The highest BCUT2D eigenvalue weighted by Crippen LogP contribution is 2.18. The number of nitrogens with one attached hydrogen (secondary N) is 2. The predicted molar refractivity (Wildman–Crippen MR) is 105 cm³/mol. The molecule has 0 fully saturated rings. The van der Waals surface area contributed by atoms with E-state index in [0.717, 1.165) is 11.4 Å². The summed E-state index contributed by atoms with van der Waals surface area (Å²) in [4.78, 5) is 22.6. The molecule has 3 rings (SSSR count). The van der Waals surface area contributed by atoms with Crippen LogP contribution in [0.15, 0.2) is 60.9 Å². The van der Waals surface area contributed by atoms with Crippen molar-refractivity contribution in [2.75, 3.05) is 29.6 Å². The molecule has 0 aliphatic carbocycles. The van der Waals surface area contributed by atoms with Crippen LogP contribution in [0, 0.1) is 11.3 Å². The van der Waals surface area contributed by atoms with E-state index in [0.29, 0.717) is 17.1 Å². The highest BCUT2D eigenvalue weighted by molar-refractivity contribution is 6.03. The second-order valence-corrected chi connectivity index (χ2v) is 6.00. The third-order valence-corrected chi connectivity index (χ3v) is 3.83. The molecule has 0 bridgehead atoms. The molecule has 1 aromatic heterocycles. The molecule has 0 aliphatic heterocycles. The molecule has 2 aromatic carbocycles. The molecular weight excluding hydrogens is 340 g/mol. The summed E-state index contributed by atoms with van der Waals surface area (Å²) in [5.74, 6) is 0.167. The molecule has 0 aliphatic rings. The van der Waals surface area contributed by atoms with E-state index in [1.807, 2.05) is 43.3 Å². The van der Waals surface area contributed by atoms with Gasteiger partial charge in [0.25, 0.3) is 5.91 Å². The molecule has 0 unspecified atom stereocenters. The Hall–Kier alpha value is -3.92. The van der Waals surface area contributed by atoms with E-state index in [-0.39, 0.29) is 11.6 Å². The van der Waals surface area contributed by atoms with Crippen LogP contribution in [0.4, 0.5) is 22.9 Å². The molecule has 7 heteroatoms. The first kappa shape index (κ1) is 17.9. The minimum atomic E-state index is -0.321. The molecule has 0 saturated heterocycles. The number of benzene rings is 2. The van der Waals surface area contributed by atoms with Gasteiger partial charge in [-0.15, -0.1) is 0 Å². The first-order valence-electron chi connectivity index (χ1n) is 8.23. The van der Waals surface area contributed by atoms with Crippen LogP contribution in [0.1, 0.15) is 16.1 Å². The van der Waals surface area contributed by atoms with Crippen molar-refractivity contribution in [3.8, 4) is 6.07 Å². The lowest BCUT2D eigenvalue weighted by Crippen LogP contribution is -2.14. The van der Waals surface area contributed by atoms with Gasteiger partial charge in [-0.2, -0.15) is 5.26 Å². The first-order chi connectivity index (χ1) is 13.0. The van der Waals surface area contributed by atoms with Gasteiger partial charge in [-0.25, -0.2) is 9.97 Å². The Balaban J connectivity index is 1.70. The van der Waals surface area contributed by atoms with Crippen molar-refractivity contribution < 1.29 is 4.79 Å². The summed E-state index contributed by atoms with van der Waals surface area (Å²) >= 11 is 0. The molecule has 0 atom stereocenters. The Morgan fingerprint density at radius 3 is 2.30 bits per heavy atom. The molecule has 7 nitrogen and oxygen atoms in total. The van der Waals surface area contributed by atoms with Crippen molar-refractivity contribution in [1.29, 1.82) is 5.26 Å². The maximum Gasteiger partial charge on any atom is 0.274 e. The lowest BCUT2D eigenvalue weighted by atomic mass is 10.2. The standard InChI is InChI=1S/C20H18N6O/c1-26(2)17-9-7-16(8-10-17)25-20(27)18-11-19(23-13-22-18)24-15-5-3-14(12-21)4-6-15/h3-11,13H,1-2H3,(H,25,27)(H,22,23,24). The van der Waals surface area contributed by atoms with Gasteiger partial charge in [-0.05, 0) is 48.5 Å². The Bertz CT molecular complexity index is 975. The van der Waals surface area contributed by atoms with Gasteiger partial charge in [0.2, 0.25) is 0 Å². The van der Waals surface area contributed by atoms with Crippen LogP contribution in [0.2, 0.25) is 0 Å². The van der Waals surface area contributed by atoms with Crippen LogP contribution in [0.25, 0.3) is 0 Å². The average Bonchev–Trinajstić information content (AvgIpc) is 2.69. The van der Waals surface area contributed by atoms with E-state index in [1.54, 1.807) is 30.3 Å². The van der Waals surface area contributed by atoms with Gasteiger partial charge >= 0.3 is 0 Å². The van der Waals surface area contributed by atoms with E-state index in [1.165, 1.54) is 6.33 Å². The molecule has 134 valence electrons. The Morgan fingerprint density at radius 1 is 1.00 bits per heavy atom. The fourth-order valence-corrected chi connectivity index (χ4v) is 2.36. The van der Waals surface area contributed by atoms with Gasteiger partial charge in [0.15, 0.2) is 0 Å². The van der Waals surface area contributed by atoms with Gasteiger partial charge < -0.3 is 15.5 Å². The van der Waals surface area contributed by atoms with Gasteiger partial charge in [0.1, 0.15) is 17.8 Å². The highest BCUT2D eigenvalue weighted by Gasteiger charge is 2.10. The second kappa shape index (κ2) is 7.97. The third kappa shape index (κ3) is 4.58.